The van der Waals surface area contributed by atoms with Gasteiger partial charge in [0.1, 0.15) is 0 Å². The third-order valence-electron chi connectivity index (χ3n) is 3.43. The van der Waals surface area contributed by atoms with Gasteiger partial charge in [-0.15, -0.1) is 0 Å². The van der Waals surface area contributed by atoms with Crippen LogP contribution >= 0.6 is 11.6 Å². The quantitative estimate of drug-likeness (QED) is 0.665. The molecule has 0 aromatic heterocycles. The molecule has 0 atom stereocenters. The lowest BCUT2D eigenvalue weighted by atomic mass is 9.94. The van der Waals surface area contributed by atoms with Crippen LogP contribution in [-0.2, 0) is 0 Å². The van der Waals surface area contributed by atoms with Crippen molar-refractivity contribution in [1.82, 2.24) is 0 Å². The highest BCUT2D eigenvalue weighted by Gasteiger charge is 2.10. The van der Waals surface area contributed by atoms with Crippen molar-refractivity contribution < 1.29 is 0 Å². The minimum absolute atomic E-state index is 0.708. The van der Waals surface area contributed by atoms with Gasteiger partial charge in [0.05, 0.1) is 0 Å². The molecule has 4 N–H and O–H groups in total. The van der Waals surface area contributed by atoms with Crippen LogP contribution < -0.4 is 11.5 Å². The Hall–Kier alpha value is -2.45. The number of rotatable bonds is 2. The first-order valence-electron chi connectivity index (χ1n) is 6.65. The molecule has 3 heteroatoms. The highest BCUT2D eigenvalue weighted by atomic mass is 35.5. The maximum absolute atomic E-state index is 6.33. The molecule has 0 aliphatic carbocycles. The largest absolute Gasteiger partial charge is 0.399 e. The van der Waals surface area contributed by atoms with Crippen LogP contribution in [0.5, 0.6) is 0 Å². The monoisotopic (exact) mass is 294 g/mol. The molecule has 0 saturated carbocycles. The molecule has 0 unspecified atom stereocenters. The molecule has 21 heavy (non-hydrogen) atoms. The Labute approximate surface area is 129 Å². The van der Waals surface area contributed by atoms with E-state index in [4.69, 9.17) is 23.1 Å². The average Bonchev–Trinajstić information content (AvgIpc) is 2.49. The molecule has 0 aliphatic rings. The standard InChI is InChI=1S/C18H15ClN2/c19-18-4-2-1-3-16(18)17-11-14(21)9-10-15(17)12-5-7-13(20)8-6-12/h1-11H,20-21H2. The fourth-order valence-electron chi connectivity index (χ4n) is 2.38. The Bertz CT molecular complexity index is 779. The van der Waals surface area contributed by atoms with E-state index in [1.165, 1.54) is 0 Å². The van der Waals surface area contributed by atoms with Gasteiger partial charge in [-0.3, -0.25) is 0 Å². The lowest BCUT2D eigenvalue weighted by Crippen LogP contribution is -1.91. The predicted octanol–water partition coefficient (Wildman–Crippen LogP) is 4.84. The predicted molar refractivity (Wildman–Crippen MR) is 91.1 cm³/mol. The molecule has 0 fully saturated rings. The molecule has 104 valence electrons. The summed E-state index contributed by atoms with van der Waals surface area (Å²) < 4.78 is 0. The highest BCUT2D eigenvalue weighted by Crippen LogP contribution is 2.37. The molecule has 3 rings (SSSR count). The van der Waals surface area contributed by atoms with Crippen molar-refractivity contribution in [1.29, 1.82) is 0 Å². The van der Waals surface area contributed by atoms with Crippen LogP contribution in [-0.4, -0.2) is 0 Å². The fraction of sp³-hybridized carbons (Fsp3) is 0. The summed E-state index contributed by atoms with van der Waals surface area (Å²) in [6.45, 7) is 0. The van der Waals surface area contributed by atoms with Gasteiger partial charge < -0.3 is 11.5 Å². The summed E-state index contributed by atoms with van der Waals surface area (Å²) in [5.74, 6) is 0. The van der Waals surface area contributed by atoms with Crippen LogP contribution in [0.1, 0.15) is 0 Å². The second kappa shape index (κ2) is 5.51. The molecule has 3 aromatic rings. The fourth-order valence-corrected chi connectivity index (χ4v) is 2.62. The van der Waals surface area contributed by atoms with E-state index in [1.807, 2.05) is 66.7 Å². The molecule has 3 aromatic carbocycles. The van der Waals surface area contributed by atoms with Crippen LogP contribution in [0, 0.1) is 0 Å². The number of nitrogen functional groups attached to an aromatic ring is 2. The van der Waals surface area contributed by atoms with Crippen molar-refractivity contribution >= 4 is 23.0 Å². The summed E-state index contributed by atoms with van der Waals surface area (Å²) in [4.78, 5) is 0. The first kappa shape index (κ1) is 13.5. The average molecular weight is 295 g/mol. The first-order chi connectivity index (χ1) is 10.1. The van der Waals surface area contributed by atoms with Crippen LogP contribution in [0.25, 0.3) is 22.3 Å². The van der Waals surface area contributed by atoms with Gasteiger partial charge in [0.25, 0.3) is 0 Å². The number of hydrogen-bond donors (Lipinski definition) is 2. The topological polar surface area (TPSA) is 52.0 Å². The summed E-state index contributed by atoms with van der Waals surface area (Å²) in [6, 6.07) is 21.4. The molecule has 0 radical (unpaired) electrons. The van der Waals surface area contributed by atoms with Crippen molar-refractivity contribution in [3.05, 3.63) is 71.8 Å². The number of benzene rings is 3. The van der Waals surface area contributed by atoms with E-state index in [2.05, 4.69) is 0 Å². The minimum Gasteiger partial charge on any atom is -0.399 e. The minimum atomic E-state index is 0.708. The number of hydrogen-bond acceptors (Lipinski definition) is 2. The Kier molecular flexibility index (Phi) is 3.55. The SMILES string of the molecule is Nc1ccc(-c2ccc(N)cc2-c2ccccc2Cl)cc1. The molecular formula is C18H15ClN2. The normalized spacial score (nSPS) is 10.5. The number of anilines is 2. The number of nitrogens with two attached hydrogens (primary N) is 2. The van der Waals surface area contributed by atoms with Gasteiger partial charge in [-0.1, -0.05) is 48.0 Å². The zero-order valence-corrected chi connectivity index (χ0v) is 12.1. The van der Waals surface area contributed by atoms with Gasteiger partial charge in [0.2, 0.25) is 0 Å². The Balaban J connectivity index is 2.23. The highest BCUT2D eigenvalue weighted by molar-refractivity contribution is 6.33. The smallest absolute Gasteiger partial charge is 0.0484 e. The van der Waals surface area contributed by atoms with E-state index in [0.29, 0.717) is 10.7 Å². The maximum atomic E-state index is 6.33. The van der Waals surface area contributed by atoms with E-state index in [9.17, 15) is 0 Å². The van der Waals surface area contributed by atoms with E-state index in [0.717, 1.165) is 27.9 Å². The summed E-state index contributed by atoms with van der Waals surface area (Å²) in [7, 11) is 0. The van der Waals surface area contributed by atoms with Crippen molar-refractivity contribution in [3.63, 3.8) is 0 Å². The molecule has 2 nitrogen and oxygen atoms in total. The molecule has 0 amide bonds. The van der Waals surface area contributed by atoms with E-state index < -0.39 is 0 Å². The summed E-state index contributed by atoms with van der Waals surface area (Å²) in [5.41, 5.74) is 17.3. The van der Waals surface area contributed by atoms with Gasteiger partial charge in [-0.05, 0) is 47.0 Å². The summed E-state index contributed by atoms with van der Waals surface area (Å²) in [5, 5.41) is 0.708. The zero-order valence-electron chi connectivity index (χ0n) is 11.4. The van der Waals surface area contributed by atoms with E-state index in [1.54, 1.807) is 0 Å². The maximum Gasteiger partial charge on any atom is 0.0484 e. The van der Waals surface area contributed by atoms with Gasteiger partial charge in [-0.25, -0.2) is 0 Å². The second-order valence-corrected chi connectivity index (χ2v) is 5.31. The first-order valence-corrected chi connectivity index (χ1v) is 7.03. The Morgan fingerprint density at radius 2 is 1.29 bits per heavy atom. The van der Waals surface area contributed by atoms with Gasteiger partial charge in [0.15, 0.2) is 0 Å². The molecule has 0 heterocycles. The van der Waals surface area contributed by atoms with Crippen LogP contribution in [0.2, 0.25) is 5.02 Å². The lowest BCUT2D eigenvalue weighted by Gasteiger charge is -2.13. The molecular weight excluding hydrogens is 280 g/mol. The molecule has 0 aliphatic heterocycles. The van der Waals surface area contributed by atoms with Crippen molar-refractivity contribution in [2.75, 3.05) is 11.5 Å². The van der Waals surface area contributed by atoms with Gasteiger partial charge in [-0.2, -0.15) is 0 Å². The number of halogens is 1. The van der Waals surface area contributed by atoms with Crippen molar-refractivity contribution in [3.8, 4) is 22.3 Å². The molecule has 0 bridgehead atoms. The third-order valence-corrected chi connectivity index (χ3v) is 3.76. The second-order valence-electron chi connectivity index (χ2n) is 4.91. The van der Waals surface area contributed by atoms with Crippen molar-refractivity contribution in [2.45, 2.75) is 0 Å². The molecule has 0 spiro atoms. The van der Waals surface area contributed by atoms with Gasteiger partial charge in [0, 0.05) is 22.0 Å². The Morgan fingerprint density at radius 3 is 2.00 bits per heavy atom. The zero-order chi connectivity index (χ0) is 14.8. The Morgan fingerprint density at radius 1 is 0.619 bits per heavy atom. The van der Waals surface area contributed by atoms with Crippen LogP contribution in [0.15, 0.2) is 66.7 Å². The van der Waals surface area contributed by atoms with Gasteiger partial charge >= 0.3 is 0 Å². The van der Waals surface area contributed by atoms with E-state index >= 15 is 0 Å². The summed E-state index contributed by atoms with van der Waals surface area (Å²) >= 11 is 6.33. The van der Waals surface area contributed by atoms with Crippen molar-refractivity contribution in [2.24, 2.45) is 0 Å². The third kappa shape index (κ3) is 2.71. The van der Waals surface area contributed by atoms with Crippen LogP contribution in [0.4, 0.5) is 11.4 Å². The summed E-state index contributed by atoms with van der Waals surface area (Å²) in [6.07, 6.45) is 0. The lowest BCUT2D eigenvalue weighted by molar-refractivity contribution is 1.57. The van der Waals surface area contributed by atoms with Crippen LogP contribution in [0.3, 0.4) is 0 Å². The molecule has 0 saturated heterocycles. The van der Waals surface area contributed by atoms with E-state index in [-0.39, 0.29) is 0 Å².